The maximum absolute atomic E-state index is 12.9. The molecule has 35 heavy (non-hydrogen) atoms. The Morgan fingerprint density at radius 1 is 1.14 bits per heavy atom. The zero-order chi connectivity index (χ0) is 25.1. The van der Waals surface area contributed by atoms with Gasteiger partial charge in [-0.05, 0) is 59.3 Å². The normalized spacial score (nSPS) is 14.5. The van der Waals surface area contributed by atoms with Crippen LogP contribution in [0.1, 0.15) is 11.1 Å². The first-order valence-corrected chi connectivity index (χ1v) is 11.5. The van der Waals surface area contributed by atoms with Gasteiger partial charge in [-0.3, -0.25) is 24.6 Å². The molecular weight excluding hydrogens is 517 g/mol. The number of rotatable bonds is 7. The largest absolute Gasteiger partial charge is 0.493 e. The highest BCUT2D eigenvalue weighted by molar-refractivity contribution is 8.18. The first-order valence-electron chi connectivity index (χ1n) is 9.91. The van der Waals surface area contributed by atoms with Gasteiger partial charge in [0.15, 0.2) is 11.5 Å². The monoisotopic (exact) mass is 531 g/mol. The zero-order valence-electron chi connectivity index (χ0n) is 17.9. The molecule has 2 amide bonds. The molecule has 178 valence electrons. The van der Waals surface area contributed by atoms with Crippen molar-refractivity contribution in [1.29, 1.82) is 0 Å². The second kappa shape index (κ2) is 10.3. The van der Waals surface area contributed by atoms with Gasteiger partial charge in [0.25, 0.3) is 17.0 Å². The highest BCUT2D eigenvalue weighted by Gasteiger charge is 2.35. The average Bonchev–Trinajstić information content (AvgIpc) is 3.09. The molecule has 9 nitrogen and oxygen atoms in total. The number of carbonyl (C=O) groups excluding carboxylic acids is 2. The molecule has 1 aliphatic rings. The first kappa shape index (κ1) is 24.5. The summed E-state index contributed by atoms with van der Waals surface area (Å²) in [6, 6.07) is 12.3. The first-order chi connectivity index (χ1) is 16.8. The molecule has 0 saturated carbocycles. The van der Waals surface area contributed by atoms with Crippen LogP contribution in [0.15, 0.2) is 59.6 Å². The fourth-order valence-corrected chi connectivity index (χ4v) is 4.48. The number of hydrogen-bond acceptors (Lipinski definition) is 8. The molecule has 1 fully saturated rings. The van der Waals surface area contributed by atoms with Crippen molar-refractivity contribution in [3.05, 3.63) is 90.9 Å². The van der Waals surface area contributed by atoms with E-state index in [-0.39, 0.29) is 34.5 Å². The number of pyridine rings is 1. The Bertz CT molecular complexity index is 1380. The van der Waals surface area contributed by atoms with Crippen molar-refractivity contribution in [1.82, 2.24) is 9.88 Å². The van der Waals surface area contributed by atoms with Gasteiger partial charge in [0.2, 0.25) is 0 Å². The molecule has 3 aromatic rings. The molecule has 0 atom stereocenters. The number of amides is 2. The number of imide groups is 1. The van der Waals surface area contributed by atoms with Crippen LogP contribution in [-0.4, -0.2) is 33.1 Å². The number of thioether (sulfide) groups is 1. The number of nitro groups is 1. The Morgan fingerprint density at radius 3 is 2.66 bits per heavy atom. The Hall–Kier alpha value is -3.60. The number of benzene rings is 2. The summed E-state index contributed by atoms with van der Waals surface area (Å²) in [5.74, 6) is -0.206. The van der Waals surface area contributed by atoms with Crippen molar-refractivity contribution >= 4 is 57.9 Å². The lowest BCUT2D eigenvalue weighted by Gasteiger charge is -2.13. The molecule has 0 radical (unpaired) electrons. The number of ether oxygens (including phenoxy) is 2. The summed E-state index contributed by atoms with van der Waals surface area (Å²) in [7, 11) is 1.41. The van der Waals surface area contributed by atoms with E-state index in [9.17, 15) is 19.7 Å². The van der Waals surface area contributed by atoms with Crippen LogP contribution in [0.3, 0.4) is 0 Å². The minimum absolute atomic E-state index is 0.0109. The van der Waals surface area contributed by atoms with Crippen LogP contribution in [0.4, 0.5) is 10.5 Å². The molecule has 1 saturated heterocycles. The van der Waals surface area contributed by atoms with Crippen LogP contribution in [0.25, 0.3) is 6.08 Å². The van der Waals surface area contributed by atoms with Gasteiger partial charge in [-0.15, -0.1) is 0 Å². The SMILES string of the molecule is COc1cc(/C=C2\SC(=O)N(Cc3ccc(Cl)cc3Cl)C2=O)ccc1Oc1ncccc1[N+](=O)[O-]. The van der Waals surface area contributed by atoms with E-state index >= 15 is 0 Å². The lowest BCUT2D eigenvalue weighted by Crippen LogP contribution is -2.27. The van der Waals surface area contributed by atoms with Crippen LogP contribution >= 0.6 is 35.0 Å². The van der Waals surface area contributed by atoms with Crippen molar-refractivity contribution < 1.29 is 24.0 Å². The second-order valence-corrected chi connectivity index (χ2v) is 8.94. The maximum Gasteiger partial charge on any atom is 0.331 e. The number of halogens is 2. The van der Waals surface area contributed by atoms with E-state index in [2.05, 4.69) is 4.98 Å². The highest BCUT2D eigenvalue weighted by atomic mass is 35.5. The van der Waals surface area contributed by atoms with Crippen molar-refractivity contribution in [3.8, 4) is 17.4 Å². The van der Waals surface area contributed by atoms with E-state index in [1.54, 1.807) is 36.4 Å². The molecule has 0 spiro atoms. The van der Waals surface area contributed by atoms with Crippen molar-refractivity contribution in [2.24, 2.45) is 0 Å². The third kappa shape index (κ3) is 5.40. The highest BCUT2D eigenvalue weighted by Crippen LogP contribution is 2.38. The summed E-state index contributed by atoms with van der Waals surface area (Å²) >= 11 is 12.9. The Labute approximate surface area is 213 Å². The Kier molecular flexibility index (Phi) is 7.25. The fraction of sp³-hybridized carbons (Fsp3) is 0.0870. The molecule has 0 bridgehead atoms. The summed E-state index contributed by atoms with van der Waals surface area (Å²) < 4.78 is 11.0. The lowest BCUT2D eigenvalue weighted by atomic mass is 10.1. The van der Waals surface area contributed by atoms with Crippen molar-refractivity contribution in [3.63, 3.8) is 0 Å². The minimum Gasteiger partial charge on any atom is -0.493 e. The summed E-state index contributed by atoms with van der Waals surface area (Å²) in [5.41, 5.74) is 0.847. The summed E-state index contributed by atoms with van der Waals surface area (Å²) in [5, 5.41) is 11.6. The molecule has 2 heterocycles. The van der Waals surface area contributed by atoms with Crippen molar-refractivity contribution in [2.75, 3.05) is 7.11 Å². The number of carbonyl (C=O) groups is 2. The van der Waals surface area contributed by atoms with Crippen LogP contribution < -0.4 is 9.47 Å². The number of methoxy groups -OCH3 is 1. The van der Waals surface area contributed by atoms with Crippen LogP contribution in [0, 0.1) is 10.1 Å². The number of nitrogens with zero attached hydrogens (tertiary/aromatic N) is 3. The van der Waals surface area contributed by atoms with Gasteiger partial charge in [-0.2, -0.15) is 0 Å². The van der Waals surface area contributed by atoms with E-state index in [1.165, 1.54) is 31.5 Å². The predicted octanol–water partition coefficient (Wildman–Crippen LogP) is 6.33. The summed E-state index contributed by atoms with van der Waals surface area (Å²) in [6.45, 7) is 0.0109. The summed E-state index contributed by atoms with van der Waals surface area (Å²) in [4.78, 5) is 41.2. The zero-order valence-corrected chi connectivity index (χ0v) is 20.3. The molecule has 2 aromatic carbocycles. The third-order valence-corrected chi connectivity index (χ3v) is 6.35. The van der Waals surface area contributed by atoms with E-state index < -0.39 is 16.1 Å². The summed E-state index contributed by atoms with van der Waals surface area (Å²) in [6.07, 6.45) is 2.92. The number of hydrogen-bond donors (Lipinski definition) is 0. The van der Waals surface area contributed by atoms with Gasteiger partial charge >= 0.3 is 5.69 Å². The molecule has 0 unspecified atom stereocenters. The lowest BCUT2D eigenvalue weighted by molar-refractivity contribution is -0.386. The Balaban J connectivity index is 1.56. The molecule has 1 aliphatic heterocycles. The smallest absolute Gasteiger partial charge is 0.331 e. The predicted molar refractivity (Wildman–Crippen MR) is 132 cm³/mol. The molecule has 4 rings (SSSR count). The second-order valence-electron chi connectivity index (χ2n) is 7.10. The number of aromatic nitrogens is 1. The molecule has 0 aliphatic carbocycles. The Morgan fingerprint density at radius 2 is 1.94 bits per heavy atom. The van der Waals surface area contributed by atoms with Gasteiger partial charge in [0.1, 0.15) is 0 Å². The van der Waals surface area contributed by atoms with E-state index in [4.69, 9.17) is 32.7 Å². The van der Waals surface area contributed by atoms with Gasteiger partial charge in [0, 0.05) is 22.3 Å². The fourth-order valence-electron chi connectivity index (χ4n) is 3.17. The quantitative estimate of drug-likeness (QED) is 0.197. The van der Waals surface area contributed by atoms with E-state index in [0.29, 0.717) is 21.2 Å². The standard InChI is InChI=1S/C23H15Cl2N3O6S/c1-33-19-9-13(4-7-18(19)34-21-17(28(31)32)3-2-8-26-21)10-20-22(29)27(23(30)35-20)12-14-5-6-15(24)11-16(14)25/h2-11H,12H2,1H3/b20-10-. The van der Waals surface area contributed by atoms with Gasteiger partial charge in [0.05, 0.1) is 23.5 Å². The maximum atomic E-state index is 12.9. The average molecular weight is 532 g/mol. The molecule has 1 aromatic heterocycles. The van der Waals surface area contributed by atoms with E-state index in [1.807, 2.05) is 0 Å². The van der Waals surface area contributed by atoms with Crippen LogP contribution in [0.2, 0.25) is 10.0 Å². The van der Waals surface area contributed by atoms with Gasteiger partial charge < -0.3 is 9.47 Å². The molecular formula is C23H15Cl2N3O6S. The van der Waals surface area contributed by atoms with Crippen molar-refractivity contribution in [2.45, 2.75) is 6.54 Å². The minimum atomic E-state index is -0.601. The van der Waals surface area contributed by atoms with Gasteiger partial charge in [-0.25, -0.2) is 4.98 Å². The van der Waals surface area contributed by atoms with Crippen LogP contribution in [0.5, 0.6) is 17.4 Å². The topological polar surface area (TPSA) is 112 Å². The third-order valence-electron chi connectivity index (χ3n) is 4.86. The van der Waals surface area contributed by atoms with E-state index in [0.717, 1.165) is 16.7 Å². The van der Waals surface area contributed by atoms with Gasteiger partial charge in [-0.1, -0.05) is 35.3 Å². The molecule has 0 N–H and O–H groups in total. The van der Waals surface area contributed by atoms with Crippen LogP contribution in [-0.2, 0) is 11.3 Å². The molecule has 12 heteroatoms.